The summed E-state index contributed by atoms with van der Waals surface area (Å²) in [7, 11) is 0. The Morgan fingerprint density at radius 2 is 1.86 bits per heavy atom. The van der Waals surface area contributed by atoms with Crippen LogP contribution in [0.25, 0.3) is 22.0 Å². The normalized spacial score (nSPS) is 11.9. The molecule has 0 atom stereocenters. The summed E-state index contributed by atoms with van der Waals surface area (Å²) in [6.45, 7) is 7.47. The number of carbonyl (C=O) groups is 1. The minimum atomic E-state index is -4.55. The van der Waals surface area contributed by atoms with Crippen molar-refractivity contribution in [3.63, 3.8) is 0 Å². The summed E-state index contributed by atoms with van der Waals surface area (Å²) in [5, 5.41) is 7.78. The van der Waals surface area contributed by atoms with Gasteiger partial charge in [-0.15, -0.1) is 0 Å². The highest BCUT2D eigenvalue weighted by Gasteiger charge is 2.32. The molecule has 2 N–H and O–H groups in total. The van der Waals surface area contributed by atoms with Gasteiger partial charge in [0.25, 0.3) is 11.5 Å². The van der Waals surface area contributed by atoms with Gasteiger partial charge in [0.2, 0.25) is 0 Å². The molecule has 10 heteroatoms. The predicted molar refractivity (Wildman–Crippen MR) is 126 cm³/mol. The van der Waals surface area contributed by atoms with Gasteiger partial charge < -0.3 is 10.3 Å². The number of aryl methyl sites for hydroxylation is 2. The number of hydrogen-bond acceptors (Lipinski definition) is 4. The highest BCUT2D eigenvalue weighted by Crippen LogP contribution is 2.32. The molecule has 0 saturated carbocycles. The maximum atomic E-state index is 13.2. The van der Waals surface area contributed by atoms with Gasteiger partial charge in [-0.2, -0.15) is 18.3 Å². The van der Waals surface area contributed by atoms with Gasteiger partial charge in [0.1, 0.15) is 5.69 Å². The number of amides is 1. The summed E-state index contributed by atoms with van der Waals surface area (Å²) >= 11 is 0. The van der Waals surface area contributed by atoms with Crippen LogP contribution in [-0.2, 0) is 12.7 Å². The molecule has 0 bridgehead atoms. The Labute approximate surface area is 199 Å². The number of pyridine rings is 2. The van der Waals surface area contributed by atoms with Gasteiger partial charge in [0, 0.05) is 41.0 Å². The predicted octanol–water partition coefficient (Wildman–Crippen LogP) is 4.93. The average molecular weight is 483 g/mol. The lowest BCUT2D eigenvalue weighted by Gasteiger charge is -2.13. The number of H-pyrrole nitrogens is 1. The van der Waals surface area contributed by atoms with E-state index >= 15 is 0 Å². The molecule has 1 amide bonds. The Bertz CT molecular complexity index is 1470. The zero-order chi connectivity index (χ0) is 25.5. The standard InChI is InChI=1S/C25H24F3N5O2/c1-13(2)33-21-9-17(16-5-6-22(29-10-16)25(26,27)28)8-18(20(21)12-31-33)23(34)30-11-19-14(3)7-15(4)32-24(19)35/h5-10,12-13H,11H2,1-4H3,(H,30,34)(H,32,35). The Balaban J connectivity index is 1.75. The first-order chi connectivity index (χ1) is 16.5. The number of nitrogens with one attached hydrogen (secondary N) is 2. The van der Waals surface area contributed by atoms with Crippen LogP contribution in [0.4, 0.5) is 13.2 Å². The first-order valence-electron chi connectivity index (χ1n) is 11.0. The topological polar surface area (TPSA) is 92.7 Å². The van der Waals surface area contributed by atoms with Crippen LogP contribution in [0.5, 0.6) is 0 Å². The summed E-state index contributed by atoms with van der Waals surface area (Å²) in [5.74, 6) is -0.431. The van der Waals surface area contributed by atoms with Crippen molar-refractivity contribution >= 4 is 16.8 Å². The molecule has 3 aromatic heterocycles. The molecule has 0 aliphatic carbocycles. The second-order valence-electron chi connectivity index (χ2n) is 8.70. The van der Waals surface area contributed by atoms with Crippen molar-refractivity contribution in [1.82, 2.24) is 25.1 Å². The van der Waals surface area contributed by atoms with Crippen LogP contribution in [0.15, 0.2) is 47.5 Å². The molecule has 0 radical (unpaired) electrons. The quantitative estimate of drug-likeness (QED) is 0.421. The molecule has 0 aliphatic heterocycles. The summed E-state index contributed by atoms with van der Waals surface area (Å²) in [4.78, 5) is 31.8. The van der Waals surface area contributed by atoms with Crippen LogP contribution in [0, 0.1) is 13.8 Å². The van der Waals surface area contributed by atoms with E-state index in [1.165, 1.54) is 6.07 Å². The van der Waals surface area contributed by atoms with Crippen molar-refractivity contribution < 1.29 is 18.0 Å². The van der Waals surface area contributed by atoms with Crippen molar-refractivity contribution in [1.29, 1.82) is 0 Å². The third-order valence-electron chi connectivity index (χ3n) is 5.76. The molecule has 4 aromatic rings. The molecule has 35 heavy (non-hydrogen) atoms. The minimum Gasteiger partial charge on any atom is -0.348 e. The number of aromatic amines is 1. The maximum absolute atomic E-state index is 13.2. The second-order valence-corrected chi connectivity index (χ2v) is 8.70. The number of hydrogen-bond donors (Lipinski definition) is 2. The van der Waals surface area contributed by atoms with Crippen molar-refractivity contribution in [2.45, 2.75) is 46.5 Å². The maximum Gasteiger partial charge on any atom is 0.433 e. The summed E-state index contributed by atoms with van der Waals surface area (Å²) in [6.07, 6.45) is -1.82. The molecule has 0 aliphatic rings. The molecule has 0 fully saturated rings. The van der Waals surface area contributed by atoms with Crippen LogP contribution in [-0.4, -0.2) is 25.7 Å². The number of halogens is 3. The SMILES string of the molecule is Cc1cc(C)c(CNC(=O)c2cc(-c3ccc(C(F)(F)F)nc3)cc3c2cnn3C(C)C)c(=O)[nH]1. The molecule has 0 spiro atoms. The molecule has 0 unspecified atom stereocenters. The van der Waals surface area contributed by atoms with Crippen molar-refractivity contribution in [3.8, 4) is 11.1 Å². The van der Waals surface area contributed by atoms with E-state index < -0.39 is 17.8 Å². The number of benzene rings is 1. The number of nitrogens with zero attached hydrogens (tertiary/aromatic N) is 3. The molecular weight excluding hydrogens is 459 g/mol. The van der Waals surface area contributed by atoms with Gasteiger partial charge in [0.15, 0.2) is 0 Å². The smallest absolute Gasteiger partial charge is 0.348 e. The lowest BCUT2D eigenvalue weighted by molar-refractivity contribution is -0.141. The number of aromatic nitrogens is 4. The summed E-state index contributed by atoms with van der Waals surface area (Å²) in [6, 6.07) is 7.42. The van der Waals surface area contributed by atoms with Crippen LogP contribution in [0.2, 0.25) is 0 Å². The largest absolute Gasteiger partial charge is 0.433 e. The Morgan fingerprint density at radius 3 is 2.46 bits per heavy atom. The number of carbonyl (C=O) groups excluding carboxylic acids is 1. The third-order valence-corrected chi connectivity index (χ3v) is 5.76. The van der Waals surface area contributed by atoms with Crippen molar-refractivity contribution in [2.24, 2.45) is 0 Å². The third kappa shape index (κ3) is 4.82. The Morgan fingerprint density at radius 1 is 1.11 bits per heavy atom. The zero-order valence-corrected chi connectivity index (χ0v) is 19.6. The van der Waals surface area contributed by atoms with Crippen LogP contribution >= 0.6 is 0 Å². The van der Waals surface area contributed by atoms with Gasteiger partial charge in [-0.25, -0.2) is 0 Å². The Kier molecular flexibility index (Phi) is 6.23. The number of rotatable bonds is 5. The van der Waals surface area contributed by atoms with E-state index in [9.17, 15) is 22.8 Å². The van der Waals surface area contributed by atoms with Crippen LogP contribution in [0.3, 0.4) is 0 Å². The first kappa shape index (κ1) is 24.2. The van der Waals surface area contributed by atoms with E-state index in [1.54, 1.807) is 36.9 Å². The molecule has 182 valence electrons. The average Bonchev–Trinajstić information content (AvgIpc) is 3.21. The van der Waals surface area contributed by atoms with Gasteiger partial charge in [0.05, 0.1) is 17.3 Å². The van der Waals surface area contributed by atoms with Crippen LogP contribution in [0.1, 0.15) is 52.8 Å². The van der Waals surface area contributed by atoms with E-state index in [2.05, 4.69) is 20.4 Å². The fourth-order valence-corrected chi connectivity index (χ4v) is 4.01. The van der Waals surface area contributed by atoms with Crippen molar-refractivity contribution in [2.75, 3.05) is 0 Å². The lowest BCUT2D eigenvalue weighted by atomic mass is 10.00. The highest BCUT2D eigenvalue weighted by atomic mass is 19.4. The van der Waals surface area contributed by atoms with E-state index in [0.29, 0.717) is 33.2 Å². The van der Waals surface area contributed by atoms with E-state index in [-0.39, 0.29) is 18.1 Å². The number of fused-ring (bicyclic) bond motifs is 1. The minimum absolute atomic E-state index is 0.0156. The van der Waals surface area contributed by atoms with Crippen molar-refractivity contribution in [3.05, 3.63) is 81.2 Å². The Hall–Kier alpha value is -3.95. The van der Waals surface area contributed by atoms with E-state index in [1.807, 2.05) is 19.9 Å². The molecule has 7 nitrogen and oxygen atoms in total. The number of alkyl halides is 3. The molecule has 4 rings (SSSR count). The fraction of sp³-hybridized carbons (Fsp3) is 0.280. The van der Waals surface area contributed by atoms with E-state index in [0.717, 1.165) is 23.5 Å². The zero-order valence-electron chi connectivity index (χ0n) is 19.6. The molecule has 0 saturated heterocycles. The van der Waals surface area contributed by atoms with Gasteiger partial charge in [-0.3, -0.25) is 19.3 Å². The van der Waals surface area contributed by atoms with Gasteiger partial charge >= 0.3 is 6.18 Å². The fourth-order valence-electron chi connectivity index (χ4n) is 4.01. The van der Waals surface area contributed by atoms with Gasteiger partial charge in [-0.1, -0.05) is 6.07 Å². The van der Waals surface area contributed by atoms with Gasteiger partial charge in [-0.05, 0) is 63.1 Å². The molecular formula is C25H24F3N5O2. The molecule has 1 aromatic carbocycles. The van der Waals surface area contributed by atoms with E-state index in [4.69, 9.17) is 0 Å². The highest BCUT2D eigenvalue weighted by molar-refractivity contribution is 6.08. The monoisotopic (exact) mass is 483 g/mol. The molecule has 3 heterocycles. The first-order valence-corrected chi connectivity index (χ1v) is 11.0. The summed E-state index contributed by atoms with van der Waals surface area (Å²) in [5.41, 5.74) is 2.57. The lowest BCUT2D eigenvalue weighted by Crippen LogP contribution is -2.28. The summed E-state index contributed by atoms with van der Waals surface area (Å²) < 4.78 is 40.6. The van der Waals surface area contributed by atoms with Crippen LogP contribution < -0.4 is 10.9 Å². The second kappa shape index (κ2) is 9.01.